The summed E-state index contributed by atoms with van der Waals surface area (Å²) < 4.78 is 46.3. The summed E-state index contributed by atoms with van der Waals surface area (Å²) >= 11 is 0. The lowest BCUT2D eigenvalue weighted by atomic mass is 10.1. The van der Waals surface area contributed by atoms with Crippen LogP contribution in [0.2, 0.25) is 0 Å². The van der Waals surface area contributed by atoms with E-state index in [1.165, 1.54) is 16.5 Å². The third-order valence-corrected chi connectivity index (χ3v) is 5.07. The number of rotatable bonds is 4. The van der Waals surface area contributed by atoms with Crippen LogP contribution in [0.1, 0.15) is 24.3 Å². The number of fused-ring (bicyclic) bond motifs is 1. The van der Waals surface area contributed by atoms with E-state index in [0.29, 0.717) is 0 Å². The Morgan fingerprint density at radius 3 is 2.68 bits per heavy atom. The van der Waals surface area contributed by atoms with Crippen LogP contribution in [0.25, 0.3) is 17.2 Å². The molecule has 0 atom stereocenters. The highest BCUT2D eigenvalue weighted by molar-refractivity contribution is 5.55. The van der Waals surface area contributed by atoms with E-state index >= 15 is 0 Å². The third kappa shape index (κ3) is 3.64. The van der Waals surface area contributed by atoms with Crippen molar-refractivity contribution >= 4 is 11.6 Å². The first-order valence-electron chi connectivity index (χ1n) is 9.60. The van der Waals surface area contributed by atoms with Gasteiger partial charge in [0.15, 0.2) is 0 Å². The maximum absolute atomic E-state index is 12.9. The number of anilines is 1. The zero-order valence-corrected chi connectivity index (χ0v) is 16.1. The van der Waals surface area contributed by atoms with Gasteiger partial charge in [-0.25, -0.2) is 13.9 Å². The fourth-order valence-corrected chi connectivity index (χ4v) is 3.52. The molecule has 4 aromatic rings. The van der Waals surface area contributed by atoms with Crippen molar-refractivity contribution in [2.24, 2.45) is 0 Å². The van der Waals surface area contributed by atoms with Crippen LogP contribution in [0.3, 0.4) is 0 Å². The van der Waals surface area contributed by atoms with Crippen LogP contribution >= 0.6 is 0 Å². The minimum atomic E-state index is -4.48. The number of alkyl halides is 3. The number of benzene rings is 1. The third-order valence-electron chi connectivity index (χ3n) is 5.07. The molecule has 5 rings (SSSR count). The van der Waals surface area contributed by atoms with Crippen LogP contribution in [-0.4, -0.2) is 42.4 Å². The van der Waals surface area contributed by atoms with Crippen molar-refractivity contribution in [3.63, 3.8) is 0 Å². The minimum Gasteiger partial charge on any atom is -0.356 e. The molecule has 12 heteroatoms. The number of hydrogen-bond donors (Lipinski definition) is 0. The predicted molar refractivity (Wildman–Crippen MR) is 103 cm³/mol. The minimum absolute atomic E-state index is 0.00708. The first-order chi connectivity index (χ1) is 14.9. The summed E-state index contributed by atoms with van der Waals surface area (Å²) in [4.78, 5) is 23.3. The van der Waals surface area contributed by atoms with Crippen molar-refractivity contribution in [2.45, 2.75) is 25.6 Å². The Morgan fingerprint density at radius 1 is 1.10 bits per heavy atom. The molecule has 0 bridgehead atoms. The maximum atomic E-state index is 12.9. The summed E-state index contributed by atoms with van der Waals surface area (Å²) in [6.45, 7) is 1.69. The first-order valence-corrected chi connectivity index (χ1v) is 9.60. The molecule has 31 heavy (non-hydrogen) atoms. The van der Waals surface area contributed by atoms with E-state index in [0.717, 1.165) is 48.6 Å². The lowest BCUT2D eigenvalue weighted by Gasteiger charge is -2.15. The van der Waals surface area contributed by atoms with Gasteiger partial charge in [0.1, 0.15) is 12.4 Å². The molecule has 0 amide bonds. The topological polar surface area (TPSA) is 94.3 Å². The van der Waals surface area contributed by atoms with E-state index in [4.69, 9.17) is 4.52 Å². The summed E-state index contributed by atoms with van der Waals surface area (Å²) in [6, 6.07) is 6.39. The lowest BCUT2D eigenvalue weighted by molar-refractivity contribution is -0.137. The van der Waals surface area contributed by atoms with E-state index in [-0.39, 0.29) is 29.6 Å². The molecule has 0 radical (unpaired) electrons. The monoisotopic (exact) mass is 431 g/mol. The second-order valence-corrected chi connectivity index (χ2v) is 7.18. The van der Waals surface area contributed by atoms with Crippen LogP contribution in [-0.2, 0) is 12.7 Å². The Labute approximate surface area is 172 Å². The Balaban J connectivity index is 1.41. The van der Waals surface area contributed by atoms with Gasteiger partial charge in [0.25, 0.3) is 5.78 Å². The fraction of sp³-hybridized carbons (Fsp3) is 0.316. The molecule has 0 spiro atoms. The van der Waals surface area contributed by atoms with Gasteiger partial charge in [-0.15, -0.1) is 5.10 Å². The molecule has 0 aliphatic carbocycles. The molecule has 1 aromatic carbocycles. The van der Waals surface area contributed by atoms with Crippen molar-refractivity contribution in [1.29, 1.82) is 0 Å². The quantitative estimate of drug-likeness (QED) is 0.490. The Morgan fingerprint density at radius 2 is 1.90 bits per heavy atom. The van der Waals surface area contributed by atoms with Crippen molar-refractivity contribution in [3.05, 3.63) is 58.5 Å². The van der Waals surface area contributed by atoms with E-state index in [1.807, 2.05) is 0 Å². The molecule has 4 heterocycles. The van der Waals surface area contributed by atoms with Crippen LogP contribution in [0.5, 0.6) is 0 Å². The summed E-state index contributed by atoms with van der Waals surface area (Å²) in [5.41, 5.74) is -1.09. The number of halogens is 3. The van der Waals surface area contributed by atoms with Gasteiger partial charge in [0.05, 0.1) is 5.56 Å². The summed E-state index contributed by atoms with van der Waals surface area (Å²) in [7, 11) is 0. The highest BCUT2D eigenvalue weighted by Gasteiger charge is 2.30. The average Bonchev–Trinajstić information content (AvgIpc) is 3.49. The van der Waals surface area contributed by atoms with Gasteiger partial charge in [0.2, 0.25) is 11.7 Å². The SMILES string of the molecule is O=c1n(Cc2nc(-c3cccc(C(F)(F)F)c3)no2)nc2nc(N3CCCC3)ccn12. The van der Waals surface area contributed by atoms with E-state index in [1.54, 1.807) is 12.3 Å². The molecule has 0 unspecified atom stereocenters. The van der Waals surface area contributed by atoms with Gasteiger partial charge in [-0.05, 0) is 31.0 Å². The van der Waals surface area contributed by atoms with E-state index in [9.17, 15) is 18.0 Å². The van der Waals surface area contributed by atoms with Gasteiger partial charge in [-0.2, -0.15) is 23.1 Å². The Bertz CT molecular complexity index is 1300. The summed E-state index contributed by atoms with van der Waals surface area (Å²) in [6.07, 6.45) is -0.671. The predicted octanol–water partition coefficient (Wildman–Crippen LogP) is 2.61. The number of aromatic nitrogens is 6. The molecule has 3 aromatic heterocycles. The Kier molecular flexibility index (Phi) is 4.49. The van der Waals surface area contributed by atoms with E-state index in [2.05, 4.69) is 25.1 Å². The van der Waals surface area contributed by atoms with Gasteiger partial charge >= 0.3 is 11.9 Å². The standard InChI is InChI=1S/C19H16F3N7O2/c20-19(21,22)13-5-3-4-12(10-13)16-24-15(31-26-16)11-29-18(30)28-9-6-14(23-17(28)25-29)27-7-1-2-8-27/h3-6,9-10H,1-2,7-8,11H2. The molecule has 0 N–H and O–H groups in total. The molecule has 9 nitrogen and oxygen atoms in total. The highest BCUT2D eigenvalue weighted by Crippen LogP contribution is 2.31. The van der Waals surface area contributed by atoms with Crippen molar-refractivity contribution in [1.82, 2.24) is 29.3 Å². The second-order valence-electron chi connectivity index (χ2n) is 7.18. The molecule has 1 aliphatic heterocycles. The van der Waals surface area contributed by atoms with Crippen molar-refractivity contribution in [2.75, 3.05) is 18.0 Å². The molecule has 1 saturated heterocycles. The molecular formula is C19H16F3N7O2. The van der Waals surface area contributed by atoms with Crippen molar-refractivity contribution < 1.29 is 17.7 Å². The second kappa shape index (κ2) is 7.22. The lowest BCUT2D eigenvalue weighted by Crippen LogP contribution is -2.22. The Hall–Kier alpha value is -3.70. The molecule has 1 aliphatic rings. The number of hydrogen-bond acceptors (Lipinski definition) is 7. The first kappa shape index (κ1) is 19.3. The normalized spacial score (nSPS) is 14.6. The van der Waals surface area contributed by atoms with Crippen LogP contribution in [0.4, 0.5) is 19.0 Å². The van der Waals surface area contributed by atoms with Gasteiger partial charge < -0.3 is 9.42 Å². The zero-order valence-electron chi connectivity index (χ0n) is 16.1. The molecule has 1 fully saturated rings. The van der Waals surface area contributed by atoms with E-state index < -0.39 is 17.4 Å². The largest absolute Gasteiger partial charge is 0.416 e. The van der Waals surface area contributed by atoms with Gasteiger partial charge in [-0.3, -0.25) is 0 Å². The zero-order chi connectivity index (χ0) is 21.6. The van der Waals surface area contributed by atoms with Gasteiger partial charge in [0, 0.05) is 24.8 Å². The highest BCUT2D eigenvalue weighted by atomic mass is 19.4. The van der Waals surface area contributed by atoms with Crippen LogP contribution in [0, 0.1) is 0 Å². The fourth-order valence-electron chi connectivity index (χ4n) is 3.52. The smallest absolute Gasteiger partial charge is 0.356 e. The number of nitrogens with zero attached hydrogens (tertiary/aromatic N) is 7. The summed E-state index contributed by atoms with van der Waals surface area (Å²) in [5, 5.41) is 7.95. The van der Waals surface area contributed by atoms with Crippen LogP contribution in [0.15, 0.2) is 45.8 Å². The van der Waals surface area contributed by atoms with Crippen LogP contribution < -0.4 is 10.6 Å². The van der Waals surface area contributed by atoms with Gasteiger partial charge in [-0.1, -0.05) is 17.3 Å². The molecule has 0 saturated carbocycles. The molecular weight excluding hydrogens is 415 g/mol. The molecule has 160 valence electrons. The summed E-state index contributed by atoms with van der Waals surface area (Å²) in [5.74, 6) is 1.03. The average molecular weight is 431 g/mol. The maximum Gasteiger partial charge on any atom is 0.416 e. The van der Waals surface area contributed by atoms with Crippen molar-refractivity contribution in [3.8, 4) is 11.4 Å².